The van der Waals surface area contributed by atoms with Crippen molar-refractivity contribution in [1.29, 1.82) is 0 Å². The van der Waals surface area contributed by atoms with Gasteiger partial charge in [0.05, 0.1) is 0 Å². The summed E-state index contributed by atoms with van der Waals surface area (Å²) < 4.78 is 5.12. The van der Waals surface area contributed by atoms with Crippen LogP contribution in [0.25, 0.3) is 0 Å². The fourth-order valence-electron chi connectivity index (χ4n) is 1.89. The van der Waals surface area contributed by atoms with Crippen molar-refractivity contribution in [3.05, 3.63) is 35.9 Å². The summed E-state index contributed by atoms with van der Waals surface area (Å²) in [5.41, 5.74) is 0.310. The predicted molar refractivity (Wildman–Crippen MR) is 88.6 cm³/mol. The standard InChI is InChI=1S/C17H24N2O5/c1-17(2,3)24-16(23)19(12-15(21)22)11-14(20)18-10-9-13-7-5-4-6-8-13/h4-8H,9-12H2,1-3H3,(H,18,20)(H,21,22). The van der Waals surface area contributed by atoms with Crippen LogP contribution in [0.2, 0.25) is 0 Å². The van der Waals surface area contributed by atoms with Gasteiger partial charge in [0.1, 0.15) is 18.7 Å². The Bertz CT molecular complexity index is 566. The van der Waals surface area contributed by atoms with Gasteiger partial charge in [-0.2, -0.15) is 0 Å². The molecule has 0 fully saturated rings. The molecule has 0 heterocycles. The van der Waals surface area contributed by atoms with Gasteiger partial charge < -0.3 is 15.2 Å². The Balaban J connectivity index is 2.51. The summed E-state index contributed by atoms with van der Waals surface area (Å²) in [6.07, 6.45) is -0.180. The zero-order chi connectivity index (χ0) is 18.2. The first-order valence-electron chi connectivity index (χ1n) is 7.68. The second kappa shape index (κ2) is 8.90. The minimum Gasteiger partial charge on any atom is -0.480 e. The highest BCUT2D eigenvalue weighted by Crippen LogP contribution is 2.09. The van der Waals surface area contributed by atoms with E-state index in [9.17, 15) is 14.4 Å². The summed E-state index contributed by atoms with van der Waals surface area (Å²) in [6, 6.07) is 9.63. The van der Waals surface area contributed by atoms with Gasteiger partial charge in [-0.1, -0.05) is 30.3 Å². The average Bonchev–Trinajstić information content (AvgIpc) is 2.45. The number of carbonyl (C=O) groups is 3. The molecule has 1 aromatic rings. The highest BCUT2D eigenvalue weighted by Gasteiger charge is 2.25. The Morgan fingerprint density at radius 2 is 1.75 bits per heavy atom. The van der Waals surface area contributed by atoms with E-state index in [0.717, 1.165) is 10.5 Å². The number of nitrogens with one attached hydrogen (secondary N) is 1. The maximum absolute atomic E-state index is 12.0. The molecule has 7 heteroatoms. The van der Waals surface area contributed by atoms with Crippen LogP contribution in [0.15, 0.2) is 30.3 Å². The van der Waals surface area contributed by atoms with Crippen molar-refractivity contribution < 1.29 is 24.2 Å². The minimum absolute atomic E-state index is 0.365. The Hall–Kier alpha value is -2.57. The molecule has 0 saturated heterocycles. The minimum atomic E-state index is -1.21. The average molecular weight is 336 g/mol. The van der Waals surface area contributed by atoms with Crippen LogP contribution < -0.4 is 5.32 Å². The first-order valence-corrected chi connectivity index (χ1v) is 7.68. The molecule has 1 rings (SSSR count). The summed E-state index contributed by atoms with van der Waals surface area (Å²) in [5.74, 6) is -1.64. The zero-order valence-electron chi connectivity index (χ0n) is 14.2. The second-order valence-corrected chi connectivity index (χ2v) is 6.32. The first kappa shape index (κ1) is 19.5. The lowest BCUT2D eigenvalue weighted by Crippen LogP contribution is -2.45. The van der Waals surface area contributed by atoms with E-state index in [1.54, 1.807) is 20.8 Å². The molecule has 0 aliphatic rings. The van der Waals surface area contributed by atoms with Gasteiger partial charge in [0.25, 0.3) is 0 Å². The zero-order valence-corrected chi connectivity index (χ0v) is 14.2. The van der Waals surface area contributed by atoms with E-state index in [-0.39, 0.29) is 6.54 Å². The number of nitrogens with zero attached hydrogens (tertiary/aromatic N) is 1. The number of ether oxygens (including phenoxy) is 1. The van der Waals surface area contributed by atoms with E-state index in [1.165, 1.54) is 0 Å². The predicted octanol–water partition coefficient (Wildman–Crippen LogP) is 1.67. The van der Waals surface area contributed by atoms with Crippen LogP contribution >= 0.6 is 0 Å². The fraction of sp³-hybridized carbons (Fsp3) is 0.471. The number of amides is 2. The lowest BCUT2D eigenvalue weighted by Gasteiger charge is -2.26. The van der Waals surface area contributed by atoms with Crippen molar-refractivity contribution in [3.63, 3.8) is 0 Å². The van der Waals surface area contributed by atoms with Gasteiger partial charge in [-0.25, -0.2) is 4.79 Å². The molecule has 0 bridgehead atoms. The molecule has 132 valence electrons. The number of benzene rings is 1. The Morgan fingerprint density at radius 3 is 2.29 bits per heavy atom. The number of hydrogen-bond donors (Lipinski definition) is 2. The van der Waals surface area contributed by atoms with Crippen molar-refractivity contribution in [3.8, 4) is 0 Å². The molecule has 2 amide bonds. The molecule has 1 aromatic carbocycles. The molecule has 0 saturated carbocycles. The van der Waals surface area contributed by atoms with E-state index in [0.29, 0.717) is 13.0 Å². The molecule has 0 aromatic heterocycles. The summed E-state index contributed by atoms with van der Waals surface area (Å²) >= 11 is 0. The Morgan fingerprint density at radius 1 is 1.12 bits per heavy atom. The molecule has 0 unspecified atom stereocenters. The quantitative estimate of drug-likeness (QED) is 0.789. The monoisotopic (exact) mass is 336 g/mol. The molecule has 0 spiro atoms. The van der Waals surface area contributed by atoms with E-state index in [2.05, 4.69) is 5.32 Å². The Kier molecular flexibility index (Phi) is 7.23. The molecule has 0 atom stereocenters. The van der Waals surface area contributed by atoms with Crippen molar-refractivity contribution in [2.75, 3.05) is 19.6 Å². The van der Waals surface area contributed by atoms with Gasteiger partial charge in [-0.15, -0.1) is 0 Å². The number of carboxylic acid groups (broad SMARTS) is 1. The van der Waals surface area contributed by atoms with Crippen LogP contribution in [-0.2, 0) is 20.7 Å². The van der Waals surface area contributed by atoms with Gasteiger partial charge in [0.2, 0.25) is 5.91 Å². The molecule has 2 N–H and O–H groups in total. The van der Waals surface area contributed by atoms with Crippen molar-refractivity contribution in [2.24, 2.45) is 0 Å². The molecular weight excluding hydrogens is 312 g/mol. The highest BCUT2D eigenvalue weighted by atomic mass is 16.6. The SMILES string of the molecule is CC(C)(C)OC(=O)N(CC(=O)O)CC(=O)NCCc1ccccc1. The van der Waals surface area contributed by atoms with E-state index in [1.807, 2.05) is 30.3 Å². The summed E-state index contributed by atoms with van der Waals surface area (Å²) in [7, 11) is 0. The number of carboxylic acids is 1. The largest absolute Gasteiger partial charge is 0.480 e. The summed E-state index contributed by atoms with van der Waals surface area (Å²) in [5, 5.41) is 11.6. The molecular formula is C17H24N2O5. The van der Waals surface area contributed by atoms with Gasteiger partial charge in [0, 0.05) is 6.54 Å². The van der Waals surface area contributed by atoms with Crippen LogP contribution in [0.3, 0.4) is 0 Å². The molecule has 0 aliphatic heterocycles. The normalized spacial score (nSPS) is 10.8. The van der Waals surface area contributed by atoms with Crippen LogP contribution in [-0.4, -0.2) is 53.2 Å². The van der Waals surface area contributed by atoms with E-state index >= 15 is 0 Å². The first-order chi connectivity index (χ1) is 11.2. The number of aliphatic carboxylic acids is 1. The van der Waals surface area contributed by atoms with Crippen molar-refractivity contribution in [1.82, 2.24) is 10.2 Å². The van der Waals surface area contributed by atoms with Gasteiger partial charge in [-0.3, -0.25) is 14.5 Å². The third-order valence-corrected chi connectivity index (χ3v) is 2.89. The third kappa shape index (κ3) is 8.17. The fourth-order valence-corrected chi connectivity index (χ4v) is 1.89. The molecule has 0 radical (unpaired) electrons. The maximum Gasteiger partial charge on any atom is 0.411 e. The van der Waals surface area contributed by atoms with Crippen LogP contribution in [0.5, 0.6) is 0 Å². The van der Waals surface area contributed by atoms with Gasteiger partial charge in [-0.05, 0) is 32.8 Å². The second-order valence-electron chi connectivity index (χ2n) is 6.32. The topological polar surface area (TPSA) is 95.9 Å². The smallest absolute Gasteiger partial charge is 0.411 e. The number of hydrogen-bond acceptors (Lipinski definition) is 4. The van der Waals surface area contributed by atoms with E-state index in [4.69, 9.17) is 9.84 Å². The molecule has 24 heavy (non-hydrogen) atoms. The van der Waals surface area contributed by atoms with E-state index < -0.39 is 30.1 Å². The summed E-state index contributed by atoms with van der Waals surface area (Å²) in [4.78, 5) is 35.7. The van der Waals surface area contributed by atoms with Crippen LogP contribution in [0.4, 0.5) is 4.79 Å². The Labute approximate surface area is 141 Å². The number of rotatable bonds is 7. The summed E-state index contributed by atoms with van der Waals surface area (Å²) in [6.45, 7) is 4.45. The third-order valence-electron chi connectivity index (χ3n) is 2.89. The lowest BCUT2D eigenvalue weighted by molar-refractivity contribution is -0.138. The molecule has 0 aliphatic carbocycles. The highest BCUT2D eigenvalue weighted by molar-refractivity contribution is 5.84. The van der Waals surface area contributed by atoms with Gasteiger partial charge >= 0.3 is 12.1 Å². The number of carbonyl (C=O) groups excluding carboxylic acids is 2. The van der Waals surface area contributed by atoms with Gasteiger partial charge in [0.15, 0.2) is 0 Å². The van der Waals surface area contributed by atoms with Crippen molar-refractivity contribution in [2.45, 2.75) is 32.8 Å². The molecule has 7 nitrogen and oxygen atoms in total. The van der Waals surface area contributed by atoms with Crippen LogP contribution in [0.1, 0.15) is 26.3 Å². The van der Waals surface area contributed by atoms with Crippen molar-refractivity contribution >= 4 is 18.0 Å². The maximum atomic E-state index is 12.0. The van der Waals surface area contributed by atoms with Crippen LogP contribution in [0, 0.1) is 0 Å². The lowest BCUT2D eigenvalue weighted by atomic mass is 10.1.